The lowest BCUT2D eigenvalue weighted by atomic mass is 10.1. The van der Waals surface area contributed by atoms with Gasteiger partial charge in [0.15, 0.2) is 0 Å². The number of unbranched alkanes of at least 4 members (excludes halogenated alkanes) is 18. The van der Waals surface area contributed by atoms with Crippen molar-refractivity contribution in [2.24, 2.45) is 0 Å². The maximum absolute atomic E-state index is 2.91. The Labute approximate surface area is 257 Å². The van der Waals surface area contributed by atoms with E-state index in [1.165, 1.54) is 154 Å². The Balaban J connectivity index is 4.44. The molecule has 0 rings (SSSR count). The minimum absolute atomic E-state index is 0.700. The van der Waals surface area contributed by atoms with Crippen molar-refractivity contribution in [3.8, 4) is 0 Å². The van der Waals surface area contributed by atoms with Crippen LogP contribution in [-0.4, -0.2) is 17.0 Å². The van der Waals surface area contributed by atoms with E-state index in [1.807, 2.05) is 0 Å². The summed E-state index contributed by atoms with van der Waals surface area (Å²) in [5.74, 6) is 0. The zero-order valence-electron chi connectivity index (χ0n) is 23.3. The standard InChI is InChI=1S/C30H60I3N/c1-4-7-10-13-16-19-22-25-28(31)34(29(32)26-23-20-17-14-11-8-5-2)30(33)27-24-21-18-15-12-9-6-3/h28-30H,4-27H2,1-3H3. The molecule has 0 bridgehead atoms. The van der Waals surface area contributed by atoms with Crippen molar-refractivity contribution in [1.29, 1.82) is 0 Å². The van der Waals surface area contributed by atoms with Crippen molar-refractivity contribution in [3.63, 3.8) is 0 Å². The second-order valence-corrected chi connectivity index (χ2v) is 14.8. The molecule has 3 atom stereocenters. The molecule has 0 saturated heterocycles. The number of halogens is 3. The summed E-state index contributed by atoms with van der Waals surface area (Å²) in [5.41, 5.74) is 0. The van der Waals surface area contributed by atoms with E-state index in [4.69, 9.17) is 0 Å². The van der Waals surface area contributed by atoms with Gasteiger partial charge in [0.25, 0.3) is 0 Å². The third-order valence-corrected chi connectivity index (χ3v) is 10.9. The highest BCUT2D eigenvalue weighted by molar-refractivity contribution is 14.1. The van der Waals surface area contributed by atoms with E-state index in [0.717, 1.165) is 0 Å². The number of alkyl halides is 3. The van der Waals surface area contributed by atoms with Gasteiger partial charge in [-0.25, -0.2) is 0 Å². The van der Waals surface area contributed by atoms with Crippen LogP contribution in [-0.2, 0) is 0 Å². The van der Waals surface area contributed by atoms with Gasteiger partial charge < -0.3 is 0 Å². The van der Waals surface area contributed by atoms with Gasteiger partial charge in [0.05, 0.1) is 12.1 Å². The van der Waals surface area contributed by atoms with E-state index in [1.54, 1.807) is 0 Å². The summed E-state index contributed by atoms with van der Waals surface area (Å²) in [6.45, 7) is 6.94. The molecule has 34 heavy (non-hydrogen) atoms. The number of rotatable bonds is 27. The second-order valence-electron chi connectivity index (χ2n) is 10.5. The average Bonchev–Trinajstić information content (AvgIpc) is 2.82. The van der Waals surface area contributed by atoms with Gasteiger partial charge in [-0.2, -0.15) is 0 Å². The van der Waals surface area contributed by atoms with Gasteiger partial charge in [-0.3, -0.25) is 4.90 Å². The van der Waals surface area contributed by atoms with Crippen LogP contribution in [0.25, 0.3) is 0 Å². The first-order chi connectivity index (χ1) is 16.6. The fourth-order valence-electron chi connectivity index (χ4n) is 4.78. The molecule has 1 nitrogen and oxygen atoms in total. The summed E-state index contributed by atoms with van der Waals surface area (Å²) in [6.07, 6.45) is 34.0. The van der Waals surface area contributed by atoms with Crippen LogP contribution in [0.2, 0.25) is 0 Å². The molecule has 0 aliphatic carbocycles. The fourth-order valence-corrected chi connectivity index (χ4v) is 10.3. The molecular formula is C30H60I3N. The van der Waals surface area contributed by atoms with Gasteiger partial charge in [-0.05, 0) is 19.3 Å². The topological polar surface area (TPSA) is 3.24 Å². The van der Waals surface area contributed by atoms with Crippen LogP contribution in [0.4, 0.5) is 0 Å². The summed E-state index contributed by atoms with van der Waals surface area (Å²) >= 11 is 8.38. The van der Waals surface area contributed by atoms with Crippen molar-refractivity contribution < 1.29 is 0 Å². The van der Waals surface area contributed by atoms with Gasteiger partial charge in [-0.1, -0.05) is 223 Å². The van der Waals surface area contributed by atoms with E-state index in [9.17, 15) is 0 Å². The van der Waals surface area contributed by atoms with Crippen LogP contribution >= 0.6 is 67.8 Å². The van der Waals surface area contributed by atoms with Crippen LogP contribution in [0.15, 0.2) is 0 Å². The van der Waals surface area contributed by atoms with Gasteiger partial charge >= 0.3 is 0 Å². The maximum atomic E-state index is 2.91. The molecule has 0 aliphatic heterocycles. The Hall–Kier alpha value is 2.15. The van der Waals surface area contributed by atoms with Crippen LogP contribution < -0.4 is 0 Å². The Morgan fingerprint density at radius 1 is 0.353 bits per heavy atom. The van der Waals surface area contributed by atoms with Crippen molar-refractivity contribution in [3.05, 3.63) is 0 Å². The number of nitrogens with zero attached hydrogens (tertiary/aromatic N) is 1. The second kappa shape index (κ2) is 28.2. The lowest BCUT2D eigenvalue weighted by molar-refractivity contribution is 0.219. The molecule has 4 heteroatoms. The summed E-state index contributed by atoms with van der Waals surface area (Å²) in [7, 11) is 0. The monoisotopic (exact) mass is 815 g/mol. The molecule has 0 saturated carbocycles. The molecule has 0 radical (unpaired) electrons. The molecule has 3 unspecified atom stereocenters. The van der Waals surface area contributed by atoms with E-state index < -0.39 is 0 Å². The summed E-state index contributed by atoms with van der Waals surface area (Å²) < 4.78 is 2.10. The van der Waals surface area contributed by atoms with Gasteiger partial charge in [-0.15, -0.1) is 0 Å². The molecule has 0 aromatic rings. The first-order valence-electron chi connectivity index (χ1n) is 15.3. The molecule has 0 heterocycles. The molecule has 0 aliphatic rings. The third kappa shape index (κ3) is 22.2. The molecule has 0 aromatic carbocycles. The summed E-state index contributed by atoms with van der Waals surface area (Å²) in [6, 6.07) is 0. The molecule has 0 amide bonds. The molecular weight excluding hydrogens is 755 g/mol. The van der Waals surface area contributed by atoms with E-state index in [2.05, 4.69) is 93.4 Å². The minimum atomic E-state index is 0.700. The zero-order valence-corrected chi connectivity index (χ0v) is 29.8. The summed E-state index contributed by atoms with van der Waals surface area (Å²) in [4.78, 5) is 2.91. The third-order valence-electron chi connectivity index (χ3n) is 7.11. The Kier molecular flexibility index (Phi) is 29.9. The van der Waals surface area contributed by atoms with Crippen molar-refractivity contribution in [1.82, 2.24) is 4.90 Å². The minimum Gasteiger partial charge on any atom is -0.268 e. The highest BCUT2D eigenvalue weighted by Gasteiger charge is 2.27. The predicted octanol–water partition coefficient (Wildman–Crippen LogP) is 13.0. The van der Waals surface area contributed by atoms with Gasteiger partial charge in [0.2, 0.25) is 0 Å². The van der Waals surface area contributed by atoms with Gasteiger partial charge in [0.1, 0.15) is 0 Å². The number of hydrogen-bond acceptors (Lipinski definition) is 1. The first kappa shape index (κ1) is 36.1. The lowest BCUT2D eigenvalue weighted by Crippen LogP contribution is -2.42. The van der Waals surface area contributed by atoms with Crippen LogP contribution in [0.1, 0.15) is 175 Å². The van der Waals surface area contributed by atoms with Crippen LogP contribution in [0.5, 0.6) is 0 Å². The van der Waals surface area contributed by atoms with Gasteiger partial charge in [0, 0.05) is 0 Å². The highest BCUT2D eigenvalue weighted by Crippen LogP contribution is 2.32. The van der Waals surface area contributed by atoms with E-state index in [0.29, 0.717) is 12.1 Å². The Morgan fingerprint density at radius 2 is 0.559 bits per heavy atom. The average molecular weight is 816 g/mol. The maximum Gasteiger partial charge on any atom is 0.0637 e. The molecule has 0 fully saturated rings. The zero-order chi connectivity index (χ0) is 25.3. The Bertz CT molecular complexity index is 336. The van der Waals surface area contributed by atoms with Crippen molar-refractivity contribution in [2.45, 2.75) is 187 Å². The Morgan fingerprint density at radius 3 is 0.794 bits per heavy atom. The first-order valence-corrected chi connectivity index (χ1v) is 19.0. The number of hydrogen-bond donors (Lipinski definition) is 0. The molecule has 0 spiro atoms. The smallest absolute Gasteiger partial charge is 0.0637 e. The SMILES string of the molecule is CCCCCCCCCC(I)N(C(I)CCCCCCCCC)C(I)CCCCCCCCC. The van der Waals surface area contributed by atoms with Crippen molar-refractivity contribution >= 4 is 67.8 Å². The highest BCUT2D eigenvalue weighted by atomic mass is 127. The normalized spacial score (nSPS) is 14.6. The van der Waals surface area contributed by atoms with Crippen LogP contribution in [0.3, 0.4) is 0 Å². The van der Waals surface area contributed by atoms with Crippen molar-refractivity contribution in [2.75, 3.05) is 0 Å². The summed E-state index contributed by atoms with van der Waals surface area (Å²) in [5, 5.41) is 0. The molecule has 0 N–H and O–H groups in total. The largest absolute Gasteiger partial charge is 0.268 e. The molecule has 0 aromatic heterocycles. The van der Waals surface area contributed by atoms with E-state index >= 15 is 0 Å². The van der Waals surface area contributed by atoms with Crippen LogP contribution in [0, 0.1) is 0 Å². The van der Waals surface area contributed by atoms with E-state index in [-0.39, 0.29) is 0 Å². The quantitative estimate of drug-likeness (QED) is 0.0346. The predicted molar refractivity (Wildman–Crippen MR) is 183 cm³/mol. The fraction of sp³-hybridized carbons (Fsp3) is 1.00. The molecule has 206 valence electrons. The lowest BCUT2D eigenvalue weighted by Gasteiger charge is -2.37.